The average molecular weight is 236 g/mol. The highest BCUT2D eigenvalue weighted by Crippen LogP contribution is 2.35. The van der Waals surface area contributed by atoms with E-state index in [1.54, 1.807) is 12.1 Å². The van der Waals surface area contributed by atoms with E-state index < -0.39 is 0 Å². The van der Waals surface area contributed by atoms with E-state index in [0.29, 0.717) is 12.0 Å². The molecule has 17 heavy (non-hydrogen) atoms. The predicted molar refractivity (Wildman–Crippen MR) is 68.4 cm³/mol. The van der Waals surface area contributed by atoms with Gasteiger partial charge in [-0.1, -0.05) is 19.1 Å². The largest absolute Gasteiger partial charge is 0.317 e. The smallest absolute Gasteiger partial charge is 0.123 e. The van der Waals surface area contributed by atoms with E-state index in [1.807, 2.05) is 12.1 Å². The van der Waals surface area contributed by atoms with Crippen molar-refractivity contribution in [1.29, 1.82) is 0 Å². The fourth-order valence-corrected chi connectivity index (χ4v) is 2.76. The fourth-order valence-electron chi connectivity index (χ4n) is 2.76. The van der Waals surface area contributed by atoms with E-state index in [0.717, 1.165) is 19.6 Å². The lowest BCUT2D eigenvalue weighted by molar-refractivity contribution is 0.272. The minimum Gasteiger partial charge on any atom is -0.317 e. The summed E-state index contributed by atoms with van der Waals surface area (Å²) in [4.78, 5) is 2.37. The predicted octanol–water partition coefficient (Wildman–Crippen LogP) is 2.43. The standard InChI is InChI=1S/C14H21FN2/c1-3-16-10-12-8-9-17(2)14(12)11-4-6-13(15)7-5-11/h4-7,12,14,16H,3,8-10H2,1-2H3. The molecule has 1 aliphatic heterocycles. The number of hydrogen-bond acceptors (Lipinski definition) is 2. The van der Waals surface area contributed by atoms with Crippen LogP contribution in [-0.4, -0.2) is 31.6 Å². The van der Waals surface area contributed by atoms with Gasteiger partial charge in [-0.2, -0.15) is 0 Å². The number of nitrogens with one attached hydrogen (secondary N) is 1. The molecule has 2 nitrogen and oxygen atoms in total. The number of likely N-dealkylation sites (tertiary alicyclic amines) is 1. The lowest BCUT2D eigenvalue weighted by Gasteiger charge is -2.25. The van der Waals surface area contributed by atoms with Crippen molar-refractivity contribution in [3.63, 3.8) is 0 Å². The molecule has 1 saturated heterocycles. The highest BCUT2D eigenvalue weighted by molar-refractivity contribution is 5.22. The van der Waals surface area contributed by atoms with E-state index in [9.17, 15) is 4.39 Å². The van der Waals surface area contributed by atoms with Crippen LogP contribution in [0, 0.1) is 11.7 Å². The molecule has 3 heteroatoms. The van der Waals surface area contributed by atoms with Gasteiger partial charge >= 0.3 is 0 Å². The molecule has 0 aromatic heterocycles. The highest BCUT2D eigenvalue weighted by Gasteiger charge is 2.32. The molecular weight excluding hydrogens is 215 g/mol. The van der Waals surface area contributed by atoms with Gasteiger partial charge in [0.15, 0.2) is 0 Å². The van der Waals surface area contributed by atoms with Crippen LogP contribution in [0.5, 0.6) is 0 Å². The van der Waals surface area contributed by atoms with Crippen molar-refractivity contribution >= 4 is 0 Å². The van der Waals surface area contributed by atoms with Gasteiger partial charge in [-0.05, 0) is 56.7 Å². The van der Waals surface area contributed by atoms with Crippen LogP contribution in [0.3, 0.4) is 0 Å². The maximum Gasteiger partial charge on any atom is 0.123 e. The molecule has 0 saturated carbocycles. The normalized spacial score (nSPS) is 25.4. The van der Waals surface area contributed by atoms with Crippen molar-refractivity contribution in [2.24, 2.45) is 5.92 Å². The van der Waals surface area contributed by atoms with E-state index in [2.05, 4.69) is 24.2 Å². The zero-order valence-corrected chi connectivity index (χ0v) is 10.6. The lowest BCUT2D eigenvalue weighted by Crippen LogP contribution is -2.28. The van der Waals surface area contributed by atoms with Crippen molar-refractivity contribution in [2.45, 2.75) is 19.4 Å². The highest BCUT2D eigenvalue weighted by atomic mass is 19.1. The average Bonchev–Trinajstić information content (AvgIpc) is 2.69. The second kappa shape index (κ2) is 5.61. The van der Waals surface area contributed by atoms with Gasteiger partial charge in [0.1, 0.15) is 5.82 Å². The van der Waals surface area contributed by atoms with E-state index >= 15 is 0 Å². The van der Waals surface area contributed by atoms with Crippen molar-refractivity contribution in [3.05, 3.63) is 35.6 Å². The summed E-state index contributed by atoms with van der Waals surface area (Å²) < 4.78 is 12.9. The van der Waals surface area contributed by atoms with Gasteiger partial charge in [-0.3, -0.25) is 4.90 Å². The van der Waals surface area contributed by atoms with Crippen LogP contribution in [0.2, 0.25) is 0 Å². The van der Waals surface area contributed by atoms with Gasteiger partial charge < -0.3 is 5.32 Å². The Hall–Kier alpha value is -0.930. The molecule has 2 atom stereocenters. The summed E-state index contributed by atoms with van der Waals surface area (Å²) >= 11 is 0. The lowest BCUT2D eigenvalue weighted by atomic mass is 9.93. The minimum absolute atomic E-state index is 0.155. The van der Waals surface area contributed by atoms with Gasteiger partial charge in [0.05, 0.1) is 0 Å². The van der Waals surface area contributed by atoms with Crippen LogP contribution in [0.4, 0.5) is 4.39 Å². The maximum absolute atomic E-state index is 12.9. The van der Waals surface area contributed by atoms with Crippen LogP contribution < -0.4 is 5.32 Å². The number of rotatable bonds is 4. The second-order valence-corrected chi connectivity index (χ2v) is 4.83. The van der Waals surface area contributed by atoms with E-state index in [1.165, 1.54) is 12.0 Å². The molecule has 0 spiro atoms. The van der Waals surface area contributed by atoms with Gasteiger partial charge in [-0.25, -0.2) is 4.39 Å². The number of halogens is 1. The third-order valence-corrected chi connectivity index (χ3v) is 3.64. The van der Waals surface area contributed by atoms with Crippen molar-refractivity contribution < 1.29 is 4.39 Å². The Kier molecular flexibility index (Phi) is 4.13. The zero-order chi connectivity index (χ0) is 12.3. The number of nitrogens with zero attached hydrogens (tertiary/aromatic N) is 1. The molecule has 2 unspecified atom stereocenters. The van der Waals surface area contributed by atoms with Crippen LogP contribution in [0.15, 0.2) is 24.3 Å². The molecule has 1 aliphatic rings. The summed E-state index contributed by atoms with van der Waals surface area (Å²) in [5.74, 6) is 0.475. The van der Waals surface area contributed by atoms with Crippen LogP contribution in [0.25, 0.3) is 0 Å². The molecule has 0 aliphatic carbocycles. The quantitative estimate of drug-likeness (QED) is 0.863. The molecule has 2 rings (SSSR count). The van der Waals surface area contributed by atoms with Crippen molar-refractivity contribution in [1.82, 2.24) is 10.2 Å². The third kappa shape index (κ3) is 2.85. The van der Waals surface area contributed by atoms with E-state index in [-0.39, 0.29) is 5.82 Å². The molecule has 1 fully saturated rings. The fraction of sp³-hybridized carbons (Fsp3) is 0.571. The van der Waals surface area contributed by atoms with Gasteiger partial charge in [0.2, 0.25) is 0 Å². The van der Waals surface area contributed by atoms with Gasteiger partial charge in [0, 0.05) is 6.04 Å². The first-order valence-electron chi connectivity index (χ1n) is 6.38. The SMILES string of the molecule is CCNCC1CCN(C)C1c1ccc(F)cc1. The third-order valence-electron chi connectivity index (χ3n) is 3.64. The van der Waals surface area contributed by atoms with E-state index in [4.69, 9.17) is 0 Å². The monoisotopic (exact) mass is 236 g/mol. The molecule has 1 heterocycles. The first-order chi connectivity index (χ1) is 8.22. The molecule has 0 bridgehead atoms. The van der Waals surface area contributed by atoms with Gasteiger partial charge in [0.25, 0.3) is 0 Å². The maximum atomic E-state index is 12.9. The molecule has 1 aromatic rings. The topological polar surface area (TPSA) is 15.3 Å². The van der Waals surface area contributed by atoms with Crippen LogP contribution in [-0.2, 0) is 0 Å². The summed E-state index contributed by atoms with van der Waals surface area (Å²) in [6.07, 6.45) is 1.21. The summed E-state index contributed by atoms with van der Waals surface area (Å²) in [6, 6.07) is 7.38. The molecule has 1 N–H and O–H groups in total. The summed E-state index contributed by atoms with van der Waals surface area (Å²) in [5.41, 5.74) is 1.23. The summed E-state index contributed by atoms with van der Waals surface area (Å²) in [6.45, 7) is 5.31. The Balaban J connectivity index is 2.12. The number of hydrogen-bond donors (Lipinski definition) is 1. The van der Waals surface area contributed by atoms with Crippen LogP contribution >= 0.6 is 0 Å². The second-order valence-electron chi connectivity index (χ2n) is 4.83. The zero-order valence-electron chi connectivity index (χ0n) is 10.6. The molecule has 1 aromatic carbocycles. The Morgan fingerprint density at radius 1 is 1.35 bits per heavy atom. The van der Waals surface area contributed by atoms with Gasteiger partial charge in [-0.15, -0.1) is 0 Å². The Morgan fingerprint density at radius 2 is 2.06 bits per heavy atom. The summed E-state index contributed by atoms with van der Waals surface area (Å²) in [5, 5.41) is 3.42. The van der Waals surface area contributed by atoms with Crippen molar-refractivity contribution in [2.75, 3.05) is 26.7 Å². The van der Waals surface area contributed by atoms with Crippen LogP contribution in [0.1, 0.15) is 24.9 Å². The Morgan fingerprint density at radius 3 is 2.71 bits per heavy atom. The summed E-state index contributed by atoms with van der Waals surface area (Å²) in [7, 11) is 2.15. The Bertz CT molecular complexity index is 350. The number of benzene rings is 1. The first-order valence-corrected chi connectivity index (χ1v) is 6.38. The first kappa shape index (κ1) is 12.5. The minimum atomic E-state index is -0.155. The molecular formula is C14H21FN2. The molecule has 0 amide bonds. The Labute approximate surface area is 103 Å². The molecule has 0 radical (unpaired) electrons. The van der Waals surface area contributed by atoms with Crippen molar-refractivity contribution in [3.8, 4) is 0 Å². The molecule has 94 valence electrons.